The van der Waals surface area contributed by atoms with Gasteiger partial charge in [0.05, 0.1) is 5.54 Å². The molecule has 0 aromatic heterocycles. The minimum atomic E-state index is -0.846. The number of primary amides is 1. The quantitative estimate of drug-likeness (QED) is 0.705. The van der Waals surface area contributed by atoms with Crippen molar-refractivity contribution in [2.24, 2.45) is 11.5 Å². The maximum Gasteiger partial charge on any atom is 0.237 e. The van der Waals surface area contributed by atoms with Gasteiger partial charge in [0.15, 0.2) is 0 Å². The average molecular weight is 204 g/mol. The zero-order valence-electron chi connectivity index (χ0n) is 8.92. The summed E-state index contributed by atoms with van der Waals surface area (Å²) in [5.41, 5.74) is 14.3. The first kappa shape index (κ1) is 10.2. The molecule has 2 rings (SSSR count). The summed E-state index contributed by atoms with van der Waals surface area (Å²) in [5, 5.41) is 0. The van der Waals surface area contributed by atoms with E-state index in [0.29, 0.717) is 12.8 Å². The van der Waals surface area contributed by atoms with Gasteiger partial charge in [0.25, 0.3) is 0 Å². The van der Waals surface area contributed by atoms with E-state index < -0.39 is 11.4 Å². The Kier molecular flexibility index (Phi) is 2.27. The van der Waals surface area contributed by atoms with Gasteiger partial charge in [0.2, 0.25) is 5.91 Å². The molecule has 3 heteroatoms. The van der Waals surface area contributed by atoms with Gasteiger partial charge in [-0.3, -0.25) is 4.79 Å². The van der Waals surface area contributed by atoms with Gasteiger partial charge < -0.3 is 11.5 Å². The maximum atomic E-state index is 11.3. The van der Waals surface area contributed by atoms with Gasteiger partial charge in [-0.15, -0.1) is 0 Å². The number of aryl methyl sites for hydroxylation is 1. The van der Waals surface area contributed by atoms with E-state index in [4.69, 9.17) is 11.5 Å². The van der Waals surface area contributed by atoms with Crippen LogP contribution in [-0.2, 0) is 17.6 Å². The molecule has 1 aliphatic carbocycles. The van der Waals surface area contributed by atoms with Gasteiger partial charge in [0, 0.05) is 0 Å². The van der Waals surface area contributed by atoms with Crippen molar-refractivity contribution in [3.05, 3.63) is 34.9 Å². The zero-order valence-corrected chi connectivity index (χ0v) is 8.92. The molecule has 0 saturated carbocycles. The molecule has 0 saturated heterocycles. The van der Waals surface area contributed by atoms with Crippen molar-refractivity contribution in [3.63, 3.8) is 0 Å². The molecule has 1 aliphatic rings. The number of benzene rings is 1. The van der Waals surface area contributed by atoms with Gasteiger partial charge >= 0.3 is 0 Å². The molecule has 1 aromatic rings. The molecule has 80 valence electrons. The number of rotatable bonds is 1. The molecule has 0 radical (unpaired) electrons. The second-order valence-corrected chi connectivity index (χ2v) is 4.41. The number of amides is 1. The van der Waals surface area contributed by atoms with Crippen LogP contribution in [0.25, 0.3) is 0 Å². The molecular formula is C12H16N2O. The average Bonchev–Trinajstić information content (AvgIpc) is 2.17. The largest absolute Gasteiger partial charge is 0.368 e. The molecule has 0 heterocycles. The van der Waals surface area contributed by atoms with Crippen LogP contribution in [0.4, 0.5) is 0 Å². The summed E-state index contributed by atoms with van der Waals surface area (Å²) in [6.07, 6.45) is 2.07. The minimum Gasteiger partial charge on any atom is -0.368 e. The highest BCUT2D eigenvalue weighted by Crippen LogP contribution is 2.28. The van der Waals surface area contributed by atoms with Gasteiger partial charge in [-0.2, -0.15) is 0 Å². The molecule has 0 fully saturated rings. The third-order valence-corrected chi connectivity index (χ3v) is 3.32. The zero-order chi connectivity index (χ0) is 11.1. The summed E-state index contributed by atoms with van der Waals surface area (Å²) in [7, 11) is 0. The van der Waals surface area contributed by atoms with Crippen molar-refractivity contribution < 1.29 is 4.79 Å². The van der Waals surface area contributed by atoms with Crippen molar-refractivity contribution in [3.8, 4) is 0 Å². The van der Waals surface area contributed by atoms with Crippen LogP contribution in [0, 0.1) is 6.92 Å². The first-order chi connectivity index (χ1) is 7.03. The summed E-state index contributed by atoms with van der Waals surface area (Å²) in [6, 6.07) is 6.12. The molecule has 1 amide bonds. The highest BCUT2D eigenvalue weighted by Gasteiger charge is 2.35. The van der Waals surface area contributed by atoms with Gasteiger partial charge in [-0.1, -0.05) is 18.2 Å². The predicted molar refractivity (Wildman–Crippen MR) is 59.3 cm³/mol. The Morgan fingerprint density at radius 2 is 2.20 bits per heavy atom. The van der Waals surface area contributed by atoms with Crippen LogP contribution in [0.1, 0.15) is 23.1 Å². The van der Waals surface area contributed by atoms with E-state index in [9.17, 15) is 4.79 Å². The van der Waals surface area contributed by atoms with Crippen molar-refractivity contribution >= 4 is 5.91 Å². The van der Waals surface area contributed by atoms with Crippen LogP contribution < -0.4 is 11.5 Å². The van der Waals surface area contributed by atoms with E-state index in [1.807, 2.05) is 12.1 Å². The first-order valence-electron chi connectivity index (χ1n) is 5.19. The van der Waals surface area contributed by atoms with E-state index in [0.717, 1.165) is 6.42 Å². The van der Waals surface area contributed by atoms with E-state index >= 15 is 0 Å². The Morgan fingerprint density at radius 3 is 2.87 bits per heavy atom. The third-order valence-electron chi connectivity index (χ3n) is 3.32. The fourth-order valence-electron chi connectivity index (χ4n) is 2.27. The number of fused-ring (bicyclic) bond motifs is 1. The topological polar surface area (TPSA) is 69.1 Å². The number of hydrogen-bond donors (Lipinski definition) is 2. The Balaban J connectivity index is 2.39. The summed E-state index contributed by atoms with van der Waals surface area (Å²) in [4.78, 5) is 11.3. The lowest BCUT2D eigenvalue weighted by Crippen LogP contribution is -2.55. The van der Waals surface area contributed by atoms with Gasteiger partial charge in [-0.25, -0.2) is 0 Å². The first-order valence-corrected chi connectivity index (χ1v) is 5.19. The molecule has 0 bridgehead atoms. The summed E-state index contributed by atoms with van der Waals surface area (Å²) in [6.45, 7) is 2.09. The Bertz CT molecular complexity index is 414. The second-order valence-electron chi connectivity index (χ2n) is 4.41. The fourth-order valence-corrected chi connectivity index (χ4v) is 2.27. The summed E-state index contributed by atoms with van der Waals surface area (Å²) < 4.78 is 0. The summed E-state index contributed by atoms with van der Waals surface area (Å²) >= 11 is 0. The van der Waals surface area contributed by atoms with E-state index in [1.165, 1.54) is 16.7 Å². The molecule has 3 nitrogen and oxygen atoms in total. The Labute approximate surface area is 89.5 Å². The van der Waals surface area contributed by atoms with Crippen molar-refractivity contribution in [1.29, 1.82) is 0 Å². The molecule has 4 N–H and O–H groups in total. The SMILES string of the molecule is Cc1cccc2c1CCC(N)(C(N)=O)C2. The number of nitrogens with two attached hydrogens (primary N) is 2. The molecule has 1 aromatic carbocycles. The van der Waals surface area contributed by atoms with Crippen LogP contribution in [0.3, 0.4) is 0 Å². The lowest BCUT2D eigenvalue weighted by atomic mass is 9.77. The van der Waals surface area contributed by atoms with E-state index in [-0.39, 0.29) is 0 Å². The van der Waals surface area contributed by atoms with Crippen LogP contribution in [-0.4, -0.2) is 11.4 Å². The number of carbonyl (C=O) groups is 1. The molecule has 15 heavy (non-hydrogen) atoms. The fraction of sp³-hybridized carbons (Fsp3) is 0.417. The standard InChI is InChI=1S/C12H16N2O/c1-8-3-2-4-9-7-12(14,11(13)15)6-5-10(8)9/h2-4H,5-7,14H2,1H3,(H2,13,15). The van der Waals surface area contributed by atoms with Crippen molar-refractivity contribution in [2.45, 2.75) is 31.7 Å². The normalized spacial score (nSPS) is 24.7. The van der Waals surface area contributed by atoms with E-state index in [1.54, 1.807) is 0 Å². The summed E-state index contributed by atoms with van der Waals surface area (Å²) in [5.74, 6) is -0.394. The lowest BCUT2D eigenvalue weighted by molar-refractivity contribution is -0.123. The predicted octanol–water partition coefficient (Wildman–Crippen LogP) is 0.667. The van der Waals surface area contributed by atoms with Crippen LogP contribution >= 0.6 is 0 Å². The molecule has 0 spiro atoms. The second kappa shape index (κ2) is 3.35. The molecular weight excluding hydrogens is 188 g/mol. The minimum absolute atomic E-state index is 0.394. The van der Waals surface area contributed by atoms with Crippen LogP contribution in [0.5, 0.6) is 0 Å². The Morgan fingerprint density at radius 1 is 1.47 bits per heavy atom. The van der Waals surface area contributed by atoms with Gasteiger partial charge in [0.1, 0.15) is 0 Å². The number of hydrogen-bond acceptors (Lipinski definition) is 2. The maximum absolute atomic E-state index is 11.3. The number of carbonyl (C=O) groups excluding carboxylic acids is 1. The Hall–Kier alpha value is -1.35. The van der Waals surface area contributed by atoms with E-state index in [2.05, 4.69) is 13.0 Å². The van der Waals surface area contributed by atoms with Gasteiger partial charge in [-0.05, 0) is 42.9 Å². The monoisotopic (exact) mass is 204 g/mol. The highest BCUT2D eigenvalue weighted by molar-refractivity contribution is 5.85. The third kappa shape index (κ3) is 1.63. The smallest absolute Gasteiger partial charge is 0.237 e. The molecule has 0 aliphatic heterocycles. The van der Waals surface area contributed by atoms with Crippen LogP contribution in [0.15, 0.2) is 18.2 Å². The van der Waals surface area contributed by atoms with Crippen molar-refractivity contribution in [2.75, 3.05) is 0 Å². The molecule has 1 unspecified atom stereocenters. The molecule has 1 atom stereocenters. The highest BCUT2D eigenvalue weighted by atomic mass is 16.1. The van der Waals surface area contributed by atoms with Crippen molar-refractivity contribution in [1.82, 2.24) is 0 Å². The van der Waals surface area contributed by atoms with Crippen LogP contribution in [0.2, 0.25) is 0 Å². The lowest BCUT2D eigenvalue weighted by Gasteiger charge is -2.32.